The van der Waals surface area contributed by atoms with Crippen LogP contribution in [-0.2, 0) is 10.0 Å². The van der Waals surface area contributed by atoms with E-state index in [2.05, 4.69) is 51.6 Å². The second-order valence-electron chi connectivity index (χ2n) is 9.10. The molecule has 8 nitrogen and oxygen atoms in total. The number of imidazole rings is 2. The number of aliphatic hydroxyl groups excluding tert-OH is 1. The molecule has 1 fully saturated rings. The molecule has 3 N–H and O–H groups in total. The summed E-state index contributed by atoms with van der Waals surface area (Å²) in [4.78, 5) is 9.76. The first kappa shape index (κ1) is 21.4. The minimum Gasteiger partial charge on any atom is -0.392 e. The van der Waals surface area contributed by atoms with Gasteiger partial charge in [0.05, 0.1) is 18.6 Å². The second kappa shape index (κ2) is 7.83. The van der Waals surface area contributed by atoms with Crippen LogP contribution < -0.4 is 4.57 Å². The molecular formula is C23H30N5O3S+. The number of nitrogens with zero attached hydrogens (tertiary/aromatic N) is 3. The maximum Gasteiger partial charge on any atom is 0.260 e. The number of nitrogens with one attached hydrogen (secondary N) is 2. The fourth-order valence-electron chi connectivity index (χ4n) is 5.75. The molecule has 1 saturated heterocycles. The van der Waals surface area contributed by atoms with Crippen LogP contribution in [0.4, 0.5) is 0 Å². The van der Waals surface area contributed by atoms with Crippen molar-refractivity contribution in [2.45, 2.75) is 50.3 Å². The van der Waals surface area contributed by atoms with Gasteiger partial charge in [-0.1, -0.05) is 38.1 Å². The van der Waals surface area contributed by atoms with Gasteiger partial charge >= 0.3 is 0 Å². The predicted octanol–water partition coefficient (Wildman–Crippen LogP) is 2.47. The quantitative estimate of drug-likeness (QED) is 0.496. The first-order valence-corrected chi connectivity index (χ1v) is 12.7. The molecule has 9 heteroatoms. The van der Waals surface area contributed by atoms with E-state index in [0.29, 0.717) is 25.9 Å². The Labute approximate surface area is 188 Å². The summed E-state index contributed by atoms with van der Waals surface area (Å²) in [6, 6.07) is 8.41. The van der Waals surface area contributed by atoms with Crippen molar-refractivity contribution in [1.29, 1.82) is 0 Å². The third-order valence-electron chi connectivity index (χ3n) is 7.70. The van der Waals surface area contributed by atoms with Gasteiger partial charge in [-0.15, -0.1) is 0 Å². The Morgan fingerprint density at radius 1 is 1.31 bits per heavy atom. The van der Waals surface area contributed by atoms with Gasteiger partial charge < -0.3 is 10.1 Å². The highest BCUT2D eigenvalue weighted by Gasteiger charge is 2.49. The van der Waals surface area contributed by atoms with Gasteiger partial charge in [0.2, 0.25) is 6.33 Å². The van der Waals surface area contributed by atoms with Crippen LogP contribution in [0.1, 0.15) is 44.7 Å². The van der Waals surface area contributed by atoms with Crippen molar-refractivity contribution in [3.63, 3.8) is 0 Å². The molecule has 0 spiro atoms. The molecule has 3 aromatic rings. The molecule has 2 aliphatic rings. The molecule has 1 aromatic carbocycles. The zero-order valence-electron chi connectivity index (χ0n) is 18.4. The van der Waals surface area contributed by atoms with E-state index in [1.807, 2.05) is 18.6 Å². The van der Waals surface area contributed by atoms with E-state index in [4.69, 9.17) is 0 Å². The van der Waals surface area contributed by atoms with Crippen molar-refractivity contribution in [2.75, 3.05) is 13.1 Å². The van der Waals surface area contributed by atoms with Crippen LogP contribution >= 0.6 is 0 Å². The Hall–Kier alpha value is -2.49. The first-order valence-electron chi connectivity index (χ1n) is 11.2. The number of piperidine rings is 1. The minimum atomic E-state index is -3.59. The molecular weight excluding hydrogens is 426 g/mol. The van der Waals surface area contributed by atoms with Crippen LogP contribution in [0, 0.1) is 11.3 Å². The number of benzene rings is 1. The SMILES string of the molecule is CCC1([C@H](O)[C@@H](C)[C@H]2c3ccccc3-c3c[nH]c[n+]32)CCN(S(=O)(=O)c2cnc[nH]2)CC1. The Morgan fingerprint density at radius 3 is 2.75 bits per heavy atom. The fraction of sp³-hybridized carbons (Fsp3) is 0.478. The van der Waals surface area contributed by atoms with Crippen molar-refractivity contribution in [1.82, 2.24) is 19.3 Å². The molecule has 4 heterocycles. The van der Waals surface area contributed by atoms with Crippen LogP contribution in [0.2, 0.25) is 0 Å². The normalized spacial score (nSPS) is 22.3. The van der Waals surface area contributed by atoms with Crippen LogP contribution in [0.25, 0.3) is 11.3 Å². The van der Waals surface area contributed by atoms with Gasteiger partial charge in [-0.05, 0) is 24.7 Å². The van der Waals surface area contributed by atoms with E-state index in [9.17, 15) is 13.5 Å². The van der Waals surface area contributed by atoms with Crippen molar-refractivity contribution in [2.24, 2.45) is 11.3 Å². The van der Waals surface area contributed by atoms with Gasteiger partial charge in [-0.25, -0.2) is 23.0 Å². The Bertz CT molecular complexity index is 1200. The average Bonchev–Trinajstić information content (AvgIpc) is 3.56. The van der Waals surface area contributed by atoms with Crippen molar-refractivity contribution in [3.8, 4) is 11.3 Å². The van der Waals surface area contributed by atoms with E-state index in [1.54, 1.807) is 0 Å². The summed E-state index contributed by atoms with van der Waals surface area (Å²) in [5, 5.41) is 11.8. The van der Waals surface area contributed by atoms with Crippen LogP contribution in [-0.4, -0.2) is 52.0 Å². The third kappa shape index (κ3) is 3.14. The number of rotatable bonds is 6. The molecule has 0 unspecified atom stereocenters. The standard InChI is InChI=1S/C23H29N5O3S/c1-3-23(8-10-27(11-9-23)32(30,31)20-13-24-14-26-20)22(29)16(2)21-18-7-5-4-6-17(18)19-12-25-15-28(19)21/h4-7,12-16,21-22,29H,3,8-11H2,1-2H3,(H,24,26)/p+1/t16-,21-,22+/m0/s1. The summed E-state index contributed by atoms with van der Waals surface area (Å²) >= 11 is 0. The molecule has 5 rings (SSSR count). The third-order valence-corrected chi connectivity index (χ3v) is 9.53. The predicted molar refractivity (Wildman–Crippen MR) is 119 cm³/mol. The lowest BCUT2D eigenvalue weighted by Crippen LogP contribution is -2.53. The highest BCUT2D eigenvalue weighted by atomic mass is 32.2. The van der Waals surface area contributed by atoms with Gasteiger partial charge in [0.1, 0.15) is 12.2 Å². The number of H-pyrrole nitrogens is 2. The van der Waals surface area contributed by atoms with Crippen LogP contribution in [0.15, 0.2) is 54.3 Å². The Balaban J connectivity index is 1.39. The number of hydrogen-bond acceptors (Lipinski definition) is 4. The molecule has 0 amide bonds. The summed E-state index contributed by atoms with van der Waals surface area (Å²) in [6.45, 7) is 5.00. The molecule has 2 aliphatic heterocycles. The molecule has 32 heavy (non-hydrogen) atoms. The van der Waals surface area contributed by atoms with Gasteiger partial charge in [0, 0.05) is 30.1 Å². The summed E-state index contributed by atoms with van der Waals surface area (Å²) in [7, 11) is -3.59. The number of aromatic amines is 2. The monoisotopic (exact) mass is 456 g/mol. The van der Waals surface area contributed by atoms with Gasteiger partial charge in [-0.2, -0.15) is 4.31 Å². The second-order valence-corrected chi connectivity index (χ2v) is 11.0. The number of sulfonamides is 1. The summed E-state index contributed by atoms with van der Waals surface area (Å²) < 4.78 is 29.5. The minimum absolute atomic E-state index is 0.0334. The van der Waals surface area contributed by atoms with Crippen molar-refractivity contribution in [3.05, 3.63) is 54.9 Å². The largest absolute Gasteiger partial charge is 0.392 e. The zero-order chi connectivity index (χ0) is 22.5. The molecule has 170 valence electrons. The topological polar surface area (TPSA) is 106 Å². The van der Waals surface area contributed by atoms with Crippen LogP contribution in [0.5, 0.6) is 0 Å². The van der Waals surface area contributed by atoms with Crippen LogP contribution in [0.3, 0.4) is 0 Å². The lowest BCUT2D eigenvalue weighted by molar-refractivity contribution is -0.705. The highest BCUT2D eigenvalue weighted by Crippen LogP contribution is 2.46. The Morgan fingerprint density at radius 2 is 2.06 bits per heavy atom. The lowest BCUT2D eigenvalue weighted by Gasteiger charge is -2.46. The first-order chi connectivity index (χ1) is 15.4. The summed E-state index contributed by atoms with van der Waals surface area (Å²) in [5.41, 5.74) is 3.24. The smallest absolute Gasteiger partial charge is 0.260 e. The number of fused-ring (bicyclic) bond motifs is 3. The van der Waals surface area contributed by atoms with Gasteiger partial charge in [-0.3, -0.25) is 0 Å². The lowest BCUT2D eigenvalue weighted by atomic mass is 9.67. The van der Waals surface area contributed by atoms with E-state index in [-0.39, 0.29) is 22.4 Å². The molecule has 0 radical (unpaired) electrons. The Kier molecular flexibility index (Phi) is 5.22. The van der Waals surface area contributed by atoms with E-state index >= 15 is 0 Å². The fourth-order valence-corrected chi connectivity index (χ4v) is 7.08. The summed E-state index contributed by atoms with van der Waals surface area (Å²) in [6.07, 6.45) is 8.20. The zero-order valence-corrected chi connectivity index (χ0v) is 19.2. The van der Waals surface area contributed by atoms with E-state index in [1.165, 1.54) is 28.0 Å². The molecule has 2 aromatic heterocycles. The van der Waals surface area contributed by atoms with Crippen molar-refractivity contribution >= 4 is 10.0 Å². The molecule has 0 saturated carbocycles. The molecule has 0 bridgehead atoms. The number of aliphatic hydroxyl groups is 1. The average molecular weight is 457 g/mol. The molecule has 3 atom stereocenters. The highest BCUT2D eigenvalue weighted by molar-refractivity contribution is 7.89. The number of hydrogen-bond donors (Lipinski definition) is 3. The maximum absolute atomic E-state index is 12.9. The van der Waals surface area contributed by atoms with Crippen molar-refractivity contribution < 1.29 is 18.1 Å². The number of aromatic nitrogens is 4. The van der Waals surface area contributed by atoms with Gasteiger partial charge in [0.15, 0.2) is 10.7 Å². The maximum atomic E-state index is 12.9. The summed E-state index contributed by atoms with van der Waals surface area (Å²) in [5.74, 6) is -0.0334. The van der Waals surface area contributed by atoms with E-state index < -0.39 is 16.1 Å². The molecule has 0 aliphatic carbocycles. The van der Waals surface area contributed by atoms with E-state index in [0.717, 1.165) is 12.1 Å². The van der Waals surface area contributed by atoms with Gasteiger partial charge in [0.25, 0.3) is 10.0 Å².